The van der Waals surface area contributed by atoms with E-state index in [1.165, 1.54) is 6.26 Å². The molecule has 1 atom stereocenters. The molecular formula is C25H22N2O4. The number of hydrogen-bond acceptors (Lipinski definition) is 5. The van der Waals surface area contributed by atoms with Crippen LogP contribution < -0.4 is 15.0 Å². The molecule has 3 aromatic rings. The van der Waals surface area contributed by atoms with E-state index < -0.39 is 6.04 Å². The number of nitrogens with zero attached hydrogens (tertiary/aromatic N) is 1. The molecule has 0 saturated carbocycles. The minimum Gasteiger partial charge on any atom is -0.496 e. The summed E-state index contributed by atoms with van der Waals surface area (Å²) in [7, 11) is 1.60. The average Bonchev–Trinajstić information content (AvgIpc) is 3.29. The topological polar surface area (TPSA) is 71.8 Å². The summed E-state index contributed by atoms with van der Waals surface area (Å²) in [5.74, 6) is 0.549. The van der Waals surface area contributed by atoms with Crippen molar-refractivity contribution >= 4 is 23.1 Å². The summed E-state index contributed by atoms with van der Waals surface area (Å²) in [6.07, 6.45) is 3.44. The van der Waals surface area contributed by atoms with E-state index in [0.29, 0.717) is 23.4 Å². The molecule has 1 aromatic heterocycles. The van der Waals surface area contributed by atoms with Crippen LogP contribution in [0.1, 0.15) is 41.4 Å². The summed E-state index contributed by atoms with van der Waals surface area (Å²) in [6, 6.07) is 17.8. The van der Waals surface area contributed by atoms with Gasteiger partial charge in [0.2, 0.25) is 0 Å². The van der Waals surface area contributed by atoms with Crippen LogP contribution in [0.4, 0.5) is 11.4 Å². The van der Waals surface area contributed by atoms with Crippen LogP contribution in [-0.4, -0.2) is 18.8 Å². The molecule has 156 valence electrons. The Bertz CT molecular complexity index is 1180. The van der Waals surface area contributed by atoms with Gasteiger partial charge in [-0.15, -0.1) is 0 Å². The molecule has 1 N–H and O–H groups in total. The summed E-state index contributed by atoms with van der Waals surface area (Å²) in [5.41, 5.74) is 3.68. The van der Waals surface area contributed by atoms with E-state index in [1.807, 2.05) is 48.5 Å². The fourth-order valence-electron chi connectivity index (χ4n) is 4.46. The average molecular weight is 414 g/mol. The highest BCUT2D eigenvalue weighted by atomic mass is 16.5. The molecule has 1 aliphatic heterocycles. The van der Waals surface area contributed by atoms with Crippen LogP contribution in [0.5, 0.6) is 5.75 Å². The van der Waals surface area contributed by atoms with Crippen LogP contribution in [-0.2, 0) is 4.79 Å². The van der Waals surface area contributed by atoms with Crippen LogP contribution in [0, 0.1) is 0 Å². The number of anilines is 2. The predicted octanol–water partition coefficient (Wildman–Crippen LogP) is 5.11. The number of carbonyl (C=O) groups is 2. The Morgan fingerprint density at radius 3 is 2.68 bits per heavy atom. The number of carbonyl (C=O) groups excluding carboxylic acids is 2. The van der Waals surface area contributed by atoms with Crippen molar-refractivity contribution in [3.8, 4) is 5.75 Å². The summed E-state index contributed by atoms with van der Waals surface area (Å²) in [6.45, 7) is 0. The van der Waals surface area contributed by atoms with Crippen molar-refractivity contribution in [3.05, 3.63) is 89.5 Å². The molecular weight excluding hydrogens is 392 g/mol. The first-order valence-electron chi connectivity index (χ1n) is 10.3. The second-order valence-electron chi connectivity index (χ2n) is 7.61. The van der Waals surface area contributed by atoms with Crippen molar-refractivity contribution in [2.24, 2.45) is 0 Å². The molecule has 6 heteroatoms. The fraction of sp³-hybridized carbons (Fsp3) is 0.200. The molecule has 0 unspecified atom stereocenters. The number of benzene rings is 2. The zero-order valence-electron chi connectivity index (χ0n) is 17.1. The van der Waals surface area contributed by atoms with Crippen LogP contribution in [0.25, 0.3) is 0 Å². The second-order valence-corrected chi connectivity index (χ2v) is 7.61. The maximum Gasteiger partial charge on any atom is 0.294 e. The van der Waals surface area contributed by atoms with E-state index in [2.05, 4.69) is 5.32 Å². The first-order valence-corrected chi connectivity index (χ1v) is 10.3. The number of Topliss-reactive ketones (excluding diaryl/α,β-unsaturated/α-hetero) is 1. The monoisotopic (exact) mass is 414 g/mol. The highest BCUT2D eigenvalue weighted by Gasteiger charge is 2.41. The van der Waals surface area contributed by atoms with E-state index in [0.717, 1.165) is 29.8 Å². The summed E-state index contributed by atoms with van der Waals surface area (Å²) in [4.78, 5) is 28.7. The third-order valence-electron chi connectivity index (χ3n) is 5.82. The molecule has 0 fully saturated rings. The molecule has 1 amide bonds. The van der Waals surface area contributed by atoms with Crippen molar-refractivity contribution in [2.45, 2.75) is 25.3 Å². The summed E-state index contributed by atoms with van der Waals surface area (Å²) < 4.78 is 11.1. The number of amides is 1. The van der Waals surface area contributed by atoms with Crippen molar-refractivity contribution in [2.75, 3.05) is 17.3 Å². The van der Waals surface area contributed by atoms with Crippen LogP contribution in [0.15, 0.2) is 82.6 Å². The number of fused-ring (bicyclic) bond motifs is 1. The summed E-state index contributed by atoms with van der Waals surface area (Å²) >= 11 is 0. The lowest BCUT2D eigenvalue weighted by atomic mass is 9.85. The highest BCUT2D eigenvalue weighted by molar-refractivity contribution is 6.10. The maximum absolute atomic E-state index is 13.8. The van der Waals surface area contributed by atoms with Crippen molar-refractivity contribution in [1.29, 1.82) is 0 Å². The second kappa shape index (κ2) is 7.80. The van der Waals surface area contributed by atoms with Gasteiger partial charge in [-0.25, -0.2) is 0 Å². The van der Waals surface area contributed by atoms with Gasteiger partial charge in [0, 0.05) is 23.3 Å². The molecule has 2 heterocycles. The highest BCUT2D eigenvalue weighted by Crippen LogP contribution is 2.47. The van der Waals surface area contributed by atoms with Gasteiger partial charge in [0.15, 0.2) is 11.5 Å². The minimum absolute atomic E-state index is 0.0368. The normalized spacial score (nSPS) is 18.0. The molecule has 6 nitrogen and oxygen atoms in total. The number of ketones is 1. The molecule has 0 spiro atoms. The first kappa shape index (κ1) is 19.2. The van der Waals surface area contributed by atoms with Gasteiger partial charge in [-0.2, -0.15) is 0 Å². The summed E-state index contributed by atoms with van der Waals surface area (Å²) in [5, 5.41) is 3.45. The largest absolute Gasteiger partial charge is 0.496 e. The number of para-hydroxylation sites is 3. The molecule has 2 aliphatic rings. The molecule has 1 aliphatic carbocycles. The number of furan rings is 1. The number of hydrogen-bond donors (Lipinski definition) is 1. The van der Waals surface area contributed by atoms with Gasteiger partial charge >= 0.3 is 0 Å². The molecule has 2 aromatic carbocycles. The Morgan fingerprint density at radius 1 is 1.06 bits per heavy atom. The van der Waals surface area contributed by atoms with E-state index in [-0.39, 0.29) is 17.5 Å². The molecule has 0 radical (unpaired) electrons. The minimum atomic E-state index is -0.646. The van der Waals surface area contributed by atoms with E-state index in [9.17, 15) is 9.59 Å². The lowest BCUT2D eigenvalue weighted by Crippen LogP contribution is -2.38. The van der Waals surface area contributed by atoms with Crippen LogP contribution in [0.2, 0.25) is 0 Å². The zero-order valence-corrected chi connectivity index (χ0v) is 17.1. The SMILES string of the molecule is COc1ccccc1[C@H]1C2=C(CCCC2=O)Nc2ccccc2N1C(=O)c1ccco1. The molecule has 31 heavy (non-hydrogen) atoms. The quantitative estimate of drug-likeness (QED) is 0.645. The Balaban J connectivity index is 1.82. The van der Waals surface area contributed by atoms with E-state index in [1.54, 1.807) is 24.1 Å². The van der Waals surface area contributed by atoms with Gasteiger partial charge in [-0.05, 0) is 43.2 Å². The Morgan fingerprint density at radius 2 is 1.87 bits per heavy atom. The molecule has 5 rings (SSSR count). The third kappa shape index (κ3) is 3.20. The van der Waals surface area contributed by atoms with Gasteiger partial charge in [0.1, 0.15) is 5.75 Å². The van der Waals surface area contributed by atoms with Crippen LogP contribution in [0.3, 0.4) is 0 Å². The van der Waals surface area contributed by atoms with Gasteiger partial charge in [0.25, 0.3) is 5.91 Å². The molecule has 0 bridgehead atoms. The van der Waals surface area contributed by atoms with Crippen LogP contribution >= 0.6 is 0 Å². The van der Waals surface area contributed by atoms with Gasteiger partial charge in [0.05, 0.1) is 30.8 Å². The number of rotatable bonds is 3. The number of ether oxygens (including phenoxy) is 1. The number of nitrogens with one attached hydrogen (secondary N) is 1. The number of allylic oxidation sites excluding steroid dienone is 1. The van der Waals surface area contributed by atoms with Crippen molar-refractivity contribution in [1.82, 2.24) is 0 Å². The standard InChI is InChI=1S/C25H22N2O4/c1-30-21-13-5-2-8-16(21)24-23-18(10-6-12-20(23)28)26-17-9-3-4-11-19(17)27(24)25(29)22-14-7-15-31-22/h2-5,7-9,11,13-15,24,26H,6,10,12H2,1H3/t24-/m0/s1. The lowest BCUT2D eigenvalue weighted by molar-refractivity contribution is -0.116. The van der Waals surface area contributed by atoms with Crippen molar-refractivity contribution < 1.29 is 18.7 Å². The van der Waals surface area contributed by atoms with E-state index in [4.69, 9.17) is 9.15 Å². The fourth-order valence-corrected chi connectivity index (χ4v) is 4.46. The smallest absolute Gasteiger partial charge is 0.294 e. The van der Waals surface area contributed by atoms with Crippen molar-refractivity contribution in [3.63, 3.8) is 0 Å². The first-order chi connectivity index (χ1) is 15.2. The van der Waals surface area contributed by atoms with E-state index >= 15 is 0 Å². The maximum atomic E-state index is 13.8. The Labute approximate surface area is 180 Å². The van der Waals surface area contributed by atoms with Gasteiger partial charge < -0.3 is 14.5 Å². The Kier molecular flexibility index (Phi) is 4.82. The Hall–Kier alpha value is -3.80. The third-order valence-corrected chi connectivity index (χ3v) is 5.82. The predicted molar refractivity (Wildman–Crippen MR) is 117 cm³/mol. The number of methoxy groups -OCH3 is 1. The zero-order chi connectivity index (χ0) is 21.4. The van der Waals surface area contributed by atoms with Gasteiger partial charge in [-0.1, -0.05) is 30.3 Å². The van der Waals surface area contributed by atoms with Gasteiger partial charge in [-0.3, -0.25) is 14.5 Å². The lowest BCUT2D eigenvalue weighted by Gasteiger charge is -2.34. The molecule has 0 saturated heterocycles.